The summed E-state index contributed by atoms with van der Waals surface area (Å²) in [5.41, 5.74) is 0.244. The van der Waals surface area contributed by atoms with E-state index in [0.29, 0.717) is 22.7 Å². The Morgan fingerprint density at radius 2 is 1.36 bits per heavy atom. The first-order valence-electron chi connectivity index (χ1n) is 11.3. The third-order valence-corrected chi connectivity index (χ3v) is 6.53. The minimum atomic E-state index is -1.01. The van der Waals surface area contributed by atoms with Gasteiger partial charge in [0.25, 0.3) is 0 Å². The predicted octanol–water partition coefficient (Wildman–Crippen LogP) is 5.75. The summed E-state index contributed by atoms with van der Waals surface area (Å²) < 4.78 is 11.0. The lowest BCUT2D eigenvalue weighted by Gasteiger charge is -2.44. The van der Waals surface area contributed by atoms with E-state index in [1.54, 1.807) is 0 Å². The summed E-state index contributed by atoms with van der Waals surface area (Å²) in [6, 6.07) is 0. The average molecular weight is 401 g/mol. The molecule has 1 aliphatic carbocycles. The maximum absolute atomic E-state index is 10.4. The second-order valence-corrected chi connectivity index (χ2v) is 11.8. The number of rotatable bonds is 9. The normalized spacial score (nSPS) is 25.4. The van der Waals surface area contributed by atoms with Crippen LogP contribution in [0.5, 0.6) is 0 Å². The van der Waals surface area contributed by atoms with E-state index in [1.165, 1.54) is 12.8 Å². The zero-order valence-corrected chi connectivity index (χ0v) is 20.0. The van der Waals surface area contributed by atoms with Crippen LogP contribution in [0.4, 0.5) is 0 Å². The molecular formula is C24H48O4. The van der Waals surface area contributed by atoms with Crippen LogP contribution in [0.3, 0.4) is 0 Å². The van der Waals surface area contributed by atoms with E-state index in [0.717, 1.165) is 25.7 Å². The minimum absolute atomic E-state index is 0.00761. The van der Waals surface area contributed by atoms with Gasteiger partial charge in [-0.15, -0.1) is 0 Å². The molecule has 3 atom stereocenters. The van der Waals surface area contributed by atoms with Crippen LogP contribution < -0.4 is 0 Å². The Morgan fingerprint density at radius 3 is 1.79 bits per heavy atom. The Kier molecular flexibility index (Phi) is 9.46. The minimum Gasteiger partial charge on any atom is -0.368 e. The highest BCUT2D eigenvalue weighted by atomic mass is 16.7. The van der Waals surface area contributed by atoms with Gasteiger partial charge in [-0.2, -0.15) is 0 Å². The molecule has 1 aliphatic rings. The Morgan fingerprint density at radius 1 is 0.857 bits per heavy atom. The van der Waals surface area contributed by atoms with E-state index in [2.05, 4.69) is 41.5 Å². The van der Waals surface area contributed by atoms with E-state index in [1.807, 2.05) is 20.8 Å². The molecule has 1 fully saturated rings. The van der Waals surface area contributed by atoms with Crippen LogP contribution in [0.15, 0.2) is 0 Å². The van der Waals surface area contributed by atoms with Crippen LogP contribution in [0.1, 0.15) is 101 Å². The number of hydrogen-bond donors (Lipinski definition) is 2. The second-order valence-electron chi connectivity index (χ2n) is 11.8. The van der Waals surface area contributed by atoms with Gasteiger partial charge in [0, 0.05) is 5.92 Å². The summed E-state index contributed by atoms with van der Waals surface area (Å²) in [5.74, 6) is 1.56. The Bertz CT molecular complexity index is 439. The maximum Gasteiger partial charge on any atom is 0.178 e. The highest BCUT2D eigenvalue weighted by molar-refractivity contribution is 4.88. The van der Waals surface area contributed by atoms with Gasteiger partial charge in [-0.05, 0) is 75.5 Å². The number of hydrogen-bond acceptors (Lipinski definition) is 4. The van der Waals surface area contributed by atoms with Gasteiger partial charge in [-0.3, -0.25) is 0 Å². The Labute approximate surface area is 174 Å². The highest BCUT2D eigenvalue weighted by Crippen LogP contribution is 2.47. The Balaban J connectivity index is 2.55. The lowest BCUT2D eigenvalue weighted by molar-refractivity contribution is -0.230. The van der Waals surface area contributed by atoms with Crippen molar-refractivity contribution in [1.82, 2.24) is 0 Å². The molecule has 0 bridgehead atoms. The first-order chi connectivity index (χ1) is 12.6. The van der Waals surface area contributed by atoms with Crippen molar-refractivity contribution < 1.29 is 19.7 Å². The zero-order valence-electron chi connectivity index (χ0n) is 20.0. The maximum atomic E-state index is 10.4. The average Bonchev–Trinajstić information content (AvgIpc) is 2.55. The summed E-state index contributed by atoms with van der Waals surface area (Å²) in [6.07, 6.45) is 4.91. The van der Waals surface area contributed by atoms with E-state index < -0.39 is 18.2 Å². The third-order valence-electron chi connectivity index (χ3n) is 6.53. The van der Waals surface area contributed by atoms with Crippen LogP contribution in [0.2, 0.25) is 0 Å². The fourth-order valence-electron chi connectivity index (χ4n) is 4.51. The lowest BCUT2D eigenvalue weighted by atomic mass is 9.61. The van der Waals surface area contributed by atoms with Crippen molar-refractivity contribution in [3.63, 3.8) is 0 Å². The molecule has 0 aromatic carbocycles. The fourth-order valence-corrected chi connectivity index (χ4v) is 4.51. The Hall–Kier alpha value is -0.160. The summed E-state index contributed by atoms with van der Waals surface area (Å²) in [6.45, 7) is 19.9. The molecule has 0 aromatic rings. The van der Waals surface area contributed by atoms with Gasteiger partial charge >= 0.3 is 0 Å². The summed E-state index contributed by atoms with van der Waals surface area (Å²) in [4.78, 5) is 0. The molecule has 168 valence electrons. The van der Waals surface area contributed by atoms with Crippen molar-refractivity contribution in [2.45, 2.75) is 119 Å². The van der Waals surface area contributed by atoms with Gasteiger partial charge < -0.3 is 19.7 Å². The van der Waals surface area contributed by atoms with E-state index in [4.69, 9.17) is 9.47 Å². The molecule has 0 aromatic heterocycles. The van der Waals surface area contributed by atoms with Crippen molar-refractivity contribution in [3.8, 4) is 0 Å². The molecule has 0 amide bonds. The van der Waals surface area contributed by atoms with Gasteiger partial charge in [0.15, 0.2) is 12.6 Å². The van der Waals surface area contributed by atoms with Crippen molar-refractivity contribution >= 4 is 0 Å². The molecule has 28 heavy (non-hydrogen) atoms. The predicted molar refractivity (Wildman–Crippen MR) is 116 cm³/mol. The number of aliphatic hydroxyl groups is 2. The SMILES string of the molecule is CCC(C)(C)CC(C1CCC(C(O)OCC(O)OC(C)(C)C)CC1)C(C)(C)C. The summed E-state index contributed by atoms with van der Waals surface area (Å²) in [5, 5.41) is 20.4. The molecule has 2 N–H and O–H groups in total. The van der Waals surface area contributed by atoms with Crippen LogP contribution >= 0.6 is 0 Å². The molecule has 1 saturated carbocycles. The van der Waals surface area contributed by atoms with Crippen LogP contribution in [0, 0.1) is 28.6 Å². The quantitative estimate of drug-likeness (QED) is 0.484. The molecule has 4 heteroatoms. The van der Waals surface area contributed by atoms with Gasteiger partial charge in [0.2, 0.25) is 0 Å². The molecule has 0 heterocycles. The third kappa shape index (κ3) is 9.11. The summed E-state index contributed by atoms with van der Waals surface area (Å²) in [7, 11) is 0. The first kappa shape index (κ1) is 25.9. The van der Waals surface area contributed by atoms with Crippen molar-refractivity contribution in [2.24, 2.45) is 28.6 Å². The summed E-state index contributed by atoms with van der Waals surface area (Å²) >= 11 is 0. The highest BCUT2D eigenvalue weighted by Gasteiger charge is 2.38. The molecular weight excluding hydrogens is 352 g/mol. The van der Waals surface area contributed by atoms with Gasteiger partial charge in [-0.25, -0.2) is 0 Å². The lowest BCUT2D eigenvalue weighted by Crippen LogP contribution is -2.38. The molecule has 0 aliphatic heterocycles. The largest absolute Gasteiger partial charge is 0.368 e. The van der Waals surface area contributed by atoms with Gasteiger partial charge in [-0.1, -0.05) is 48.0 Å². The monoisotopic (exact) mass is 400 g/mol. The van der Waals surface area contributed by atoms with Crippen molar-refractivity contribution in [3.05, 3.63) is 0 Å². The molecule has 1 rings (SSSR count). The van der Waals surface area contributed by atoms with Crippen molar-refractivity contribution in [1.29, 1.82) is 0 Å². The van der Waals surface area contributed by atoms with Crippen molar-refractivity contribution in [2.75, 3.05) is 6.61 Å². The smallest absolute Gasteiger partial charge is 0.178 e. The molecule has 0 radical (unpaired) electrons. The van der Waals surface area contributed by atoms with E-state index in [9.17, 15) is 10.2 Å². The molecule has 3 unspecified atom stereocenters. The van der Waals surface area contributed by atoms with Gasteiger partial charge in [0.05, 0.1) is 5.60 Å². The van der Waals surface area contributed by atoms with Crippen LogP contribution in [-0.2, 0) is 9.47 Å². The second kappa shape index (κ2) is 10.2. The molecule has 0 saturated heterocycles. The number of ether oxygens (including phenoxy) is 2. The van der Waals surface area contributed by atoms with Crippen LogP contribution in [-0.4, -0.2) is 35.0 Å². The van der Waals surface area contributed by atoms with E-state index >= 15 is 0 Å². The standard InChI is InChI=1S/C24H48O4/c1-10-24(8,9)15-19(22(2,3)4)17-11-13-18(14-12-17)21(26)27-16-20(25)28-23(5,6)7/h17-21,25-26H,10-16H2,1-9H3. The van der Waals surface area contributed by atoms with E-state index in [-0.39, 0.29) is 12.5 Å². The zero-order chi connectivity index (χ0) is 21.8. The topological polar surface area (TPSA) is 58.9 Å². The van der Waals surface area contributed by atoms with Crippen LogP contribution in [0.25, 0.3) is 0 Å². The number of aliphatic hydroxyl groups excluding tert-OH is 2. The first-order valence-corrected chi connectivity index (χ1v) is 11.3. The molecule has 4 nitrogen and oxygen atoms in total. The fraction of sp³-hybridized carbons (Fsp3) is 1.00. The van der Waals surface area contributed by atoms with Gasteiger partial charge in [0.1, 0.15) is 6.61 Å². The molecule has 0 spiro atoms.